The number of carbonyl (C=O) groups excluding carboxylic acids is 1. The van der Waals surface area contributed by atoms with Gasteiger partial charge in [0.25, 0.3) is 0 Å². The van der Waals surface area contributed by atoms with Crippen LogP contribution in [-0.4, -0.2) is 21.1 Å². The molecule has 0 bridgehead atoms. The fraction of sp³-hybridized carbons (Fsp3) is 0.412. The fourth-order valence-corrected chi connectivity index (χ4v) is 3.04. The third-order valence-electron chi connectivity index (χ3n) is 3.80. The molecule has 24 heavy (non-hydrogen) atoms. The number of nitrogens with zero attached hydrogens (tertiary/aromatic N) is 2. The van der Waals surface area contributed by atoms with E-state index >= 15 is 0 Å². The van der Waals surface area contributed by atoms with E-state index in [-0.39, 0.29) is 12.0 Å². The van der Waals surface area contributed by atoms with Crippen molar-refractivity contribution in [2.24, 2.45) is 0 Å². The SMILES string of the molecule is CC(C)(C)OC(=O)CC1c2c(cccc2C(F)(F)F)-c2cncn21. The van der Waals surface area contributed by atoms with Crippen molar-refractivity contribution in [2.75, 3.05) is 0 Å². The summed E-state index contributed by atoms with van der Waals surface area (Å²) in [6.45, 7) is 5.16. The number of carbonyl (C=O) groups is 1. The minimum atomic E-state index is -4.49. The van der Waals surface area contributed by atoms with E-state index in [2.05, 4.69) is 4.98 Å². The average molecular weight is 338 g/mol. The second-order valence-corrected chi connectivity index (χ2v) is 6.76. The van der Waals surface area contributed by atoms with Crippen LogP contribution in [0.1, 0.15) is 44.4 Å². The molecule has 4 nitrogen and oxygen atoms in total. The Morgan fingerprint density at radius 2 is 2.00 bits per heavy atom. The largest absolute Gasteiger partial charge is 0.460 e. The summed E-state index contributed by atoms with van der Waals surface area (Å²) in [7, 11) is 0. The number of fused-ring (bicyclic) bond motifs is 3. The van der Waals surface area contributed by atoms with Gasteiger partial charge >= 0.3 is 12.1 Å². The molecule has 7 heteroatoms. The van der Waals surface area contributed by atoms with Gasteiger partial charge < -0.3 is 9.30 Å². The molecule has 0 saturated heterocycles. The minimum absolute atomic E-state index is 0.105. The van der Waals surface area contributed by atoms with Crippen molar-refractivity contribution >= 4 is 5.97 Å². The summed E-state index contributed by atoms with van der Waals surface area (Å²) in [5.41, 5.74) is -0.286. The van der Waals surface area contributed by atoms with Gasteiger partial charge in [-0.3, -0.25) is 4.79 Å². The summed E-state index contributed by atoms with van der Waals surface area (Å²) >= 11 is 0. The van der Waals surface area contributed by atoms with Gasteiger partial charge in [-0.25, -0.2) is 4.98 Å². The number of hydrogen-bond donors (Lipinski definition) is 0. The van der Waals surface area contributed by atoms with Crippen LogP contribution >= 0.6 is 0 Å². The predicted octanol–water partition coefficient (Wildman–Crippen LogP) is 4.20. The summed E-state index contributed by atoms with van der Waals surface area (Å²) in [5, 5.41) is 0. The minimum Gasteiger partial charge on any atom is -0.460 e. The third kappa shape index (κ3) is 2.90. The Bertz CT molecular complexity index is 788. The molecule has 0 amide bonds. The Kier molecular flexibility index (Phi) is 3.69. The van der Waals surface area contributed by atoms with Gasteiger partial charge in [-0.05, 0) is 32.4 Å². The second-order valence-electron chi connectivity index (χ2n) is 6.76. The lowest BCUT2D eigenvalue weighted by atomic mass is 9.94. The highest BCUT2D eigenvalue weighted by atomic mass is 19.4. The van der Waals surface area contributed by atoms with E-state index in [0.717, 1.165) is 6.07 Å². The van der Waals surface area contributed by atoms with E-state index < -0.39 is 29.4 Å². The van der Waals surface area contributed by atoms with Crippen molar-refractivity contribution < 1.29 is 22.7 Å². The van der Waals surface area contributed by atoms with Crippen molar-refractivity contribution in [2.45, 2.75) is 45.0 Å². The zero-order valence-electron chi connectivity index (χ0n) is 13.5. The maximum atomic E-state index is 13.4. The van der Waals surface area contributed by atoms with Gasteiger partial charge in [-0.1, -0.05) is 12.1 Å². The molecule has 0 spiro atoms. The molecule has 2 heterocycles. The van der Waals surface area contributed by atoms with Gasteiger partial charge in [0.1, 0.15) is 5.60 Å². The fourth-order valence-electron chi connectivity index (χ4n) is 3.04. The van der Waals surface area contributed by atoms with Crippen LogP contribution in [0.25, 0.3) is 11.3 Å². The van der Waals surface area contributed by atoms with E-state index in [4.69, 9.17) is 4.74 Å². The van der Waals surface area contributed by atoms with Crippen LogP contribution in [0.4, 0.5) is 13.2 Å². The van der Waals surface area contributed by atoms with Crippen molar-refractivity contribution in [3.8, 4) is 11.3 Å². The Hall–Kier alpha value is -2.31. The standard InChI is InChI=1S/C17H17F3N2O2/c1-16(2,3)24-14(23)7-12-15-10(13-8-21-9-22(12)13)5-4-6-11(15)17(18,19)20/h4-6,8-9,12H,7H2,1-3H3. The van der Waals surface area contributed by atoms with E-state index in [1.165, 1.54) is 18.6 Å². The number of benzene rings is 1. The van der Waals surface area contributed by atoms with E-state index in [1.807, 2.05) is 0 Å². The number of imidazole rings is 1. The molecular weight excluding hydrogens is 321 g/mol. The molecule has 0 fully saturated rings. The lowest BCUT2D eigenvalue weighted by Gasteiger charge is -2.23. The molecule has 1 unspecified atom stereocenters. The van der Waals surface area contributed by atoms with Crippen molar-refractivity contribution in [1.29, 1.82) is 0 Å². The highest BCUT2D eigenvalue weighted by molar-refractivity contribution is 5.76. The first-order valence-corrected chi connectivity index (χ1v) is 7.52. The molecule has 0 N–H and O–H groups in total. The van der Waals surface area contributed by atoms with Gasteiger partial charge in [0.2, 0.25) is 0 Å². The Labute approximate surface area is 137 Å². The highest BCUT2D eigenvalue weighted by Crippen LogP contribution is 2.47. The van der Waals surface area contributed by atoms with Gasteiger partial charge in [0.05, 0.1) is 36.2 Å². The summed E-state index contributed by atoms with van der Waals surface area (Å²) in [4.78, 5) is 16.2. The topological polar surface area (TPSA) is 44.1 Å². The molecular formula is C17H17F3N2O2. The smallest absolute Gasteiger partial charge is 0.416 e. The third-order valence-corrected chi connectivity index (χ3v) is 3.80. The average Bonchev–Trinajstić information content (AvgIpc) is 2.98. The first kappa shape index (κ1) is 16.5. The molecule has 1 atom stereocenters. The van der Waals surface area contributed by atoms with Gasteiger partial charge in [0, 0.05) is 5.56 Å². The second kappa shape index (κ2) is 5.36. The van der Waals surface area contributed by atoms with E-state index in [9.17, 15) is 18.0 Å². The van der Waals surface area contributed by atoms with Crippen molar-refractivity contribution in [1.82, 2.24) is 9.55 Å². The molecule has 1 aromatic carbocycles. The number of esters is 1. The van der Waals surface area contributed by atoms with Crippen LogP contribution in [0.2, 0.25) is 0 Å². The number of ether oxygens (including phenoxy) is 1. The zero-order chi connectivity index (χ0) is 17.7. The van der Waals surface area contributed by atoms with Crippen LogP contribution in [-0.2, 0) is 15.7 Å². The number of halogens is 3. The number of aromatic nitrogens is 2. The van der Waals surface area contributed by atoms with Gasteiger partial charge in [-0.2, -0.15) is 13.2 Å². The lowest BCUT2D eigenvalue weighted by molar-refractivity contribution is -0.155. The predicted molar refractivity (Wildman–Crippen MR) is 81.3 cm³/mol. The number of rotatable bonds is 2. The van der Waals surface area contributed by atoms with Gasteiger partial charge in [0.15, 0.2) is 0 Å². The molecule has 0 saturated carbocycles. The van der Waals surface area contributed by atoms with Crippen molar-refractivity contribution in [3.05, 3.63) is 41.9 Å². The normalized spacial score (nSPS) is 16.7. The maximum absolute atomic E-state index is 13.4. The Morgan fingerprint density at radius 3 is 2.62 bits per heavy atom. The molecule has 0 radical (unpaired) electrons. The summed E-state index contributed by atoms with van der Waals surface area (Å²) in [6, 6.07) is 3.26. The van der Waals surface area contributed by atoms with Crippen molar-refractivity contribution in [3.63, 3.8) is 0 Å². The number of hydrogen-bond acceptors (Lipinski definition) is 3. The van der Waals surface area contributed by atoms with Crippen LogP contribution in [0.3, 0.4) is 0 Å². The Morgan fingerprint density at radius 1 is 1.29 bits per heavy atom. The Balaban J connectivity index is 2.05. The molecule has 3 rings (SSSR count). The molecule has 128 valence electrons. The molecule has 0 aliphatic carbocycles. The summed E-state index contributed by atoms with van der Waals surface area (Å²) < 4.78 is 47.1. The molecule has 1 aliphatic heterocycles. The summed E-state index contributed by atoms with van der Waals surface area (Å²) in [5.74, 6) is -0.544. The van der Waals surface area contributed by atoms with Crippen LogP contribution in [0, 0.1) is 0 Å². The van der Waals surface area contributed by atoms with Crippen LogP contribution in [0.15, 0.2) is 30.7 Å². The van der Waals surface area contributed by atoms with Gasteiger partial charge in [-0.15, -0.1) is 0 Å². The van der Waals surface area contributed by atoms with Crippen LogP contribution in [0.5, 0.6) is 0 Å². The van der Waals surface area contributed by atoms with E-state index in [1.54, 1.807) is 31.4 Å². The molecule has 1 aromatic heterocycles. The monoisotopic (exact) mass is 338 g/mol. The summed E-state index contributed by atoms with van der Waals surface area (Å²) in [6.07, 6.45) is -1.71. The molecule has 1 aliphatic rings. The van der Waals surface area contributed by atoms with Crippen LogP contribution < -0.4 is 0 Å². The van der Waals surface area contributed by atoms with E-state index in [0.29, 0.717) is 11.3 Å². The highest BCUT2D eigenvalue weighted by Gasteiger charge is 2.41. The quantitative estimate of drug-likeness (QED) is 0.771. The first-order chi connectivity index (χ1) is 11.1. The lowest BCUT2D eigenvalue weighted by Crippen LogP contribution is -2.26. The zero-order valence-corrected chi connectivity index (χ0v) is 13.5. The molecule has 2 aromatic rings. The first-order valence-electron chi connectivity index (χ1n) is 7.52. The maximum Gasteiger partial charge on any atom is 0.416 e. The number of alkyl halides is 3.